The topological polar surface area (TPSA) is 53.0 Å². The fourth-order valence-electron chi connectivity index (χ4n) is 1.87. The van der Waals surface area contributed by atoms with Crippen LogP contribution in [0, 0.1) is 0 Å². The fraction of sp³-hybridized carbons (Fsp3) is 0.889. The smallest absolute Gasteiger partial charge is 0.320 e. The average Bonchev–Trinajstić information content (AvgIpc) is 2.65. The van der Waals surface area contributed by atoms with Crippen LogP contribution < -0.4 is 0 Å². The highest BCUT2D eigenvalue weighted by molar-refractivity contribution is 5.74. The van der Waals surface area contributed by atoms with Gasteiger partial charge in [-0.05, 0) is 6.42 Å². The number of morpholine rings is 1. The number of aliphatic hydroxyl groups excluding tert-OH is 1. The number of urea groups is 1. The van der Waals surface area contributed by atoms with E-state index in [0.29, 0.717) is 45.8 Å². The second-order valence-corrected chi connectivity index (χ2v) is 3.77. The van der Waals surface area contributed by atoms with E-state index in [2.05, 4.69) is 0 Å². The molecule has 14 heavy (non-hydrogen) atoms. The van der Waals surface area contributed by atoms with Gasteiger partial charge in [-0.15, -0.1) is 0 Å². The van der Waals surface area contributed by atoms with Gasteiger partial charge in [-0.3, -0.25) is 0 Å². The number of hydrogen-bond acceptors (Lipinski definition) is 3. The van der Waals surface area contributed by atoms with Crippen LogP contribution in [0.4, 0.5) is 4.79 Å². The third kappa shape index (κ3) is 1.99. The van der Waals surface area contributed by atoms with E-state index in [1.807, 2.05) is 0 Å². The summed E-state index contributed by atoms with van der Waals surface area (Å²) >= 11 is 0. The largest absolute Gasteiger partial charge is 0.391 e. The number of carbonyl (C=O) groups is 1. The Morgan fingerprint density at radius 3 is 2.50 bits per heavy atom. The minimum atomic E-state index is -0.333. The van der Waals surface area contributed by atoms with E-state index >= 15 is 0 Å². The standard InChI is InChI=1S/C9H16N2O3/c12-8-1-2-11(7-8)9(13)10-3-5-14-6-4-10/h8,12H,1-7H2. The van der Waals surface area contributed by atoms with Crippen LogP contribution in [-0.2, 0) is 4.74 Å². The Bertz CT molecular complexity index is 209. The van der Waals surface area contributed by atoms with Crippen LogP contribution in [0.15, 0.2) is 0 Å². The molecular formula is C9H16N2O3. The molecule has 2 fully saturated rings. The molecule has 0 aromatic carbocycles. The summed E-state index contributed by atoms with van der Waals surface area (Å²) in [4.78, 5) is 15.3. The van der Waals surface area contributed by atoms with E-state index in [1.54, 1.807) is 9.80 Å². The molecule has 0 aromatic rings. The molecule has 2 aliphatic heterocycles. The zero-order valence-electron chi connectivity index (χ0n) is 8.19. The summed E-state index contributed by atoms with van der Waals surface area (Å²) in [5.41, 5.74) is 0. The maximum Gasteiger partial charge on any atom is 0.320 e. The molecule has 2 aliphatic rings. The van der Waals surface area contributed by atoms with Crippen molar-refractivity contribution in [1.82, 2.24) is 9.80 Å². The van der Waals surface area contributed by atoms with Crippen molar-refractivity contribution >= 4 is 6.03 Å². The number of rotatable bonds is 0. The van der Waals surface area contributed by atoms with Gasteiger partial charge in [-0.1, -0.05) is 0 Å². The molecule has 1 atom stereocenters. The van der Waals surface area contributed by atoms with Gasteiger partial charge < -0.3 is 19.6 Å². The first-order valence-corrected chi connectivity index (χ1v) is 5.07. The summed E-state index contributed by atoms with van der Waals surface area (Å²) in [7, 11) is 0. The molecule has 2 heterocycles. The Labute approximate surface area is 83.2 Å². The highest BCUT2D eigenvalue weighted by Gasteiger charge is 2.28. The lowest BCUT2D eigenvalue weighted by atomic mass is 10.3. The van der Waals surface area contributed by atoms with Crippen molar-refractivity contribution in [2.24, 2.45) is 0 Å². The van der Waals surface area contributed by atoms with E-state index in [1.165, 1.54) is 0 Å². The van der Waals surface area contributed by atoms with Gasteiger partial charge in [-0.25, -0.2) is 4.79 Å². The molecule has 2 rings (SSSR count). The van der Waals surface area contributed by atoms with Crippen molar-refractivity contribution in [2.45, 2.75) is 12.5 Å². The van der Waals surface area contributed by atoms with Gasteiger partial charge in [0.1, 0.15) is 0 Å². The summed E-state index contributed by atoms with van der Waals surface area (Å²) in [6, 6.07) is 0.0462. The Hall–Kier alpha value is -0.810. The molecule has 5 nitrogen and oxygen atoms in total. The summed E-state index contributed by atoms with van der Waals surface area (Å²) in [5, 5.41) is 9.31. The first-order valence-electron chi connectivity index (χ1n) is 5.07. The zero-order valence-corrected chi connectivity index (χ0v) is 8.19. The van der Waals surface area contributed by atoms with E-state index < -0.39 is 0 Å². The average molecular weight is 200 g/mol. The second-order valence-electron chi connectivity index (χ2n) is 3.77. The lowest BCUT2D eigenvalue weighted by Crippen LogP contribution is -2.47. The van der Waals surface area contributed by atoms with Gasteiger partial charge in [-0.2, -0.15) is 0 Å². The van der Waals surface area contributed by atoms with Crippen LogP contribution in [-0.4, -0.2) is 66.4 Å². The molecule has 0 saturated carbocycles. The minimum Gasteiger partial charge on any atom is -0.391 e. The summed E-state index contributed by atoms with van der Waals surface area (Å²) in [6.07, 6.45) is 0.371. The van der Waals surface area contributed by atoms with Crippen LogP contribution in [0.25, 0.3) is 0 Å². The van der Waals surface area contributed by atoms with Crippen LogP contribution in [0.3, 0.4) is 0 Å². The van der Waals surface area contributed by atoms with Gasteiger partial charge in [0.2, 0.25) is 0 Å². The predicted molar refractivity (Wildman–Crippen MR) is 50.0 cm³/mol. The van der Waals surface area contributed by atoms with Crippen molar-refractivity contribution in [3.05, 3.63) is 0 Å². The van der Waals surface area contributed by atoms with Crippen molar-refractivity contribution in [1.29, 1.82) is 0 Å². The Morgan fingerprint density at radius 1 is 1.21 bits per heavy atom. The van der Waals surface area contributed by atoms with Crippen LogP contribution in [0.5, 0.6) is 0 Å². The van der Waals surface area contributed by atoms with E-state index in [4.69, 9.17) is 4.74 Å². The highest BCUT2D eigenvalue weighted by atomic mass is 16.5. The van der Waals surface area contributed by atoms with Crippen molar-refractivity contribution in [3.8, 4) is 0 Å². The quantitative estimate of drug-likeness (QED) is 0.574. The zero-order chi connectivity index (χ0) is 9.97. The second kappa shape index (κ2) is 4.14. The molecule has 1 N–H and O–H groups in total. The Kier molecular flexibility index (Phi) is 2.88. The van der Waals surface area contributed by atoms with Gasteiger partial charge in [0, 0.05) is 26.2 Å². The molecule has 2 saturated heterocycles. The number of carbonyl (C=O) groups excluding carboxylic acids is 1. The number of likely N-dealkylation sites (tertiary alicyclic amines) is 1. The number of ether oxygens (including phenoxy) is 1. The van der Waals surface area contributed by atoms with E-state index in [-0.39, 0.29) is 12.1 Å². The maximum atomic E-state index is 11.8. The molecule has 1 unspecified atom stereocenters. The Balaban J connectivity index is 1.87. The SMILES string of the molecule is O=C(N1CCOCC1)N1CCC(O)C1. The van der Waals surface area contributed by atoms with Crippen molar-refractivity contribution in [3.63, 3.8) is 0 Å². The first-order chi connectivity index (χ1) is 6.77. The normalized spacial score (nSPS) is 28.2. The van der Waals surface area contributed by atoms with Crippen LogP contribution in [0.1, 0.15) is 6.42 Å². The summed E-state index contributed by atoms with van der Waals surface area (Å²) < 4.78 is 5.17. The molecule has 0 spiro atoms. The van der Waals surface area contributed by atoms with Gasteiger partial charge >= 0.3 is 6.03 Å². The van der Waals surface area contributed by atoms with Gasteiger partial charge in [0.05, 0.1) is 19.3 Å². The predicted octanol–water partition coefficient (Wildman–Crippen LogP) is -0.495. The lowest BCUT2D eigenvalue weighted by molar-refractivity contribution is 0.0441. The maximum absolute atomic E-state index is 11.8. The molecule has 0 aromatic heterocycles. The number of amides is 2. The molecule has 80 valence electrons. The third-order valence-electron chi connectivity index (χ3n) is 2.72. The van der Waals surface area contributed by atoms with E-state index in [0.717, 1.165) is 0 Å². The van der Waals surface area contributed by atoms with Crippen LogP contribution in [0.2, 0.25) is 0 Å². The molecule has 0 aliphatic carbocycles. The fourth-order valence-corrected chi connectivity index (χ4v) is 1.87. The minimum absolute atomic E-state index is 0.0462. The molecule has 5 heteroatoms. The van der Waals surface area contributed by atoms with Crippen molar-refractivity contribution < 1.29 is 14.6 Å². The summed E-state index contributed by atoms with van der Waals surface area (Å²) in [6.45, 7) is 3.76. The number of nitrogens with zero attached hydrogens (tertiary/aromatic N) is 2. The number of hydrogen-bond donors (Lipinski definition) is 1. The highest BCUT2D eigenvalue weighted by Crippen LogP contribution is 2.12. The molecule has 0 radical (unpaired) electrons. The third-order valence-corrected chi connectivity index (χ3v) is 2.72. The number of β-amino-alcohol motifs (C(OH)–C–C–N with tert-alkyl or cyclic N) is 1. The number of aliphatic hydroxyl groups is 1. The Morgan fingerprint density at radius 2 is 1.93 bits per heavy atom. The van der Waals surface area contributed by atoms with Crippen molar-refractivity contribution in [2.75, 3.05) is 39.4 Å². The molecular weight excluding hydrogens is 184 g/mol. The van der Waals surface area contributed by atoms with E-state index in [9.17, 15) is 9.90 Å². The van der Waals surface area contributed by atoms with Gasteiger partial charge in [0.15, 0.2) is 0 Å². The van der Waals surface area contributed by atoms with Gasteiger partial charge in [0.25, 0.3) is 0 Å². The molecule has 0 bridgehead atoms. The van der Waals surface area contributed by atoms with Crippen LogP contribution >= 0.6 is 0 Å². The lowest BCUT2D eigenvalue weighted by Gasteiger charge is -2.30. The first kappa shape index (κ1) is 9.73. The monoisotopic (exact) mass is 200 g/mol. The molecule has 2 amide bonds. The summed E-state index contributed by atoms with van der Waals surface area (Å²) in [5.74, 6) is 0.